The van der Waals surface area contributed by atoms with E-state index in [-0.39, 0.29) is 5.78 Å². The molecule has 2 nitrogen and oxygen atoms in total. The zero-order valence-electron chi connectivity index (χ0n) is 10.7. The van der Waals surface area contributed by atoms with Gasteiger partial charge in [0.15, 0.2) is 5.78 Å². The SMILES string of the molecule is C=CC(=O)CC1CCC[C@@H](NC(C)C)CC1. The van der Waals surface area contributed by atoms with Crippen LogP contribution in [0.5, 0.6) is 0 Å². The second-order valence-electron chi connectivity index (χ2n) is 5.27. The predicted molar refractivity (Wildman–Crippen MR) is 68.5 cm³/mol. The fourth-order valence-electron chi connectivity index (χ4n) is 2.59. The summed E-state index contributed by atoms with van der Waals surface area (Å²) in [6.07, 6.45) is 8.29. The third-order valence-electron chi connectivity index (χ3n) is 3.37. The molecule has 0 bridgehead atoms. The quantitative estimate of drug-likeness (QED) is 0.573. The van der Waals surface area contributed by atoms with Crippen molar-refractivity contribution in [2.75, 3.05) is 0 Å². The van der Waals surface area contributed by atoms with Gasteiger partial charge >= 0.3 is 0 Å². The van der Waals surface area contributed by atoms with Crippen LogP contribution in [0.3, 0.4) is 0 Å². The Morgan fingerprint density at radius 1 is 1.38 bits per heavy atom. The van der Waals surface area contributed by atoms with Crippen molar-refractivity contribution in [2.24, 2.45) is 5.92 Å². The van der Waals surface area contributed by atoms with Gasteiger partial charge in [-0.05, 0) is 37.7 Å². The van der Waals surface area contributed by atoms with Gasteiger partial charge in [0, 0.05) is 18.5 Å². The van der Waals surface area contributed by atoms with Crippen molar-refractivity contribution < 1.29 is 4.79 Å². The van der Waals surface area contributed by atoms with E-state index in [2.05, 4.69) is 25.7 Å². The standard InChI is InChI=1S/C14H25NO/c1-4-14(16)10-12-6-5-7-13(9-8-12)15-11(2)3/h4,11-13,15H,1,5-10H2,2-3H3/t12?,13-/m1/s1. The molecule has 0 spiro atoms. The molecule has 1 aliphatic carbocycles. The predicted octanol–water partition coefficient (Wildman–Crippen LogP) is 3.08. The van der Waals surface area contributed by atoms with Gasteiger partial charge in [0.1, 0.15) is 0 Å². The Labute approximate surface area is 99.5 Å². The fourth-order valence-corrected chi connectivity index (χ4v) is 2.59. The second-order valence-corrected chi connectivity index (χ2v) is 5.27. The molecule has 1 N–H and O–H groups in total. The lowest BCUT2D eigenvalue weighted by atomic mass is 9.94. The van der Waals surface area contributed by atoms with Crippen molar-refractivity contribution in [2.45, 2.75) is 64.5 Å². The Hall–Kier alpha value is -0.630. The molecule has 1 rings (SSSR count). The summed E-state index contributed by atoms with van der Waals surface area (Å²) >= 11 is 0. The smallest absolute Gasteiger partial charge is 0.155 e. The van der Waals surface area contributed by atoms with E-state index in [9.17, 15) is 4.79 Å². The fraction of sp³-hybridized carbons (Fsp3) is 0.786. The van der Waals surface area contributed by atoms with E-state index >= 15 is 0 Å². The van der Waals surface area contributed by atoms with Crippen LogP contribution in [0.25, 0.3) is 0 Å². The van der Waals surface area contributed by atoms with E-state index in [4.69, 9.17) is 0 Å². The van der Waals surface area contributed by atoms with E-state index < -0.39 is 0 Å². The maximum atomic E-state index is 11.3. The summed E-state index contributed by atoms with van der Waals surface area (Å²) < 4.78 is 0. The highest BCUT2D eigenvalue weighted by Crippen LogP contribution is 2.26. The summed E-state index contributed by atoms with van der Waals surface area (Å²) in [6.45, 7) is 7.94. The summed E-state index contributed by atoms with van der Waals surface area (Å²) in [5.74, 6) is 0.796. The van der Waals surface area contributed by atoms with Crippen molar-refractivity contribution in [3.8, 4) is 0 Å². The number of carbonyl (C=O) groups excluding carboxylic acids is 1. The monoisotopic (exact) mass is 223 g/mol. The van der Waals surface area contributed by atoms with Crippen molar-refractivity contribution in [1.82, 2.24) is 5.32 Å². The largest absolute Gasteiger partial charge is 0.312 e. The second kappa shape index (κ2) is 6.85. The summed E-state index contributed by atoms with van der Waals surface area (Å²) in [5.41, 5.74) is 0. The van der Waals surface area contributed by atoms with Gasteiger partial charge in [0.05, 0.1) is 0 Å². The molecule has 0 radical (unpaired) electrons. The summed E-state index contributed by atoms with van der Waals surface area (Å²) in [6, 6.07) is 1.22. The molecule has 16 heavy (non-hydrogen) atoms. The number of allylic oxidation sites excluding steroid dienone is 1. The zero-order chi connectivity index (χ0) is 12.0. The first-order valence-corrected chi connectivity index (χ1v) is 6.53. The van der Waals surface area contributed by atoms with Gasteiger partial charge in [0.25, 0.3) is 0 Å². The highest BCUT2D eigenvalue weighted by atomic mass is 16.1. The summed E-state index contributed by atoms with van der Waals surface area (Å²) in [5, 5.41) is 3.60. The highest BCUT2D eigenvalue weighted by Gasteiger charge is 2.20. The van der Waals surface area contributed by atoms with Crippen LogP contribution in [0.2, 0.25) is 0 Å². The first-order valence-electron chi connectivity index (χ1n) is 6.53. The van der Waals surface area contributed by atoms with Gasteiger partial charge in [-0.2, -0.15) is 0 Å². The molecule has 0 aromatic rings. The van der Waals surface area contributed by atoms with Crippen LogP contribution < -0.4 is 5.32 Å². The number of hydrogen-bond acceptors (Lipinski definition) is 2. The molecule has 0 heterocycles. The Bertz CT molecular complexity index is 235. The lowest BCUT2D eigenvalue weighted by molar-refractivity contribution is -0.115. The molecule has 1 saturated carbocycles. The molecule has 2 atom stereocenters. The molecule has 0 saturated heterocycles. The van der Waals surface area contributed by atoms with Crippen LogP contribution in [0.15, 0.2) is 12.7 Å². The maximum absolute atomic E-state index is 11.3. The number of carbonyl (C=O) groups is 1. The van der Waals surface area contributed by atoms with Gasteiger partial charge < -0.3 is 5.32 Å². The molecular formula is C14H25NO. The first-order chi connectivity index (χ1) is 7.61. The molecule has 0 aliphatic heterocycles. The molecule has 92 valence electrons. The van der Waals surface area contributed by atoms with E-state index in [1.165, 1.54) is 38.2 Å². The molecule has 0 aromatic carbocycles. The third-order valence-corrected chi connectivity index (χ3v) is 3.37. The van der Waals surface area contributed by atoms with Gasteiger partial charge in [-0.15, -0.1) is 0 Å². The van der Waals surface area contributed by atoms with Crippen LogP contribution in [0, 0.1) is 5.92 Å². The minimum atomic E-state index is 0.209. The molecule has 1 fully saturated rings. The van der Waals surface area contributed by atoms with Crippen LogP contribution in [0.4, 0.5) is 0 Å². The van der Waals surface area contributed by atoms with E-state index in [0.29, 0.717) is 24.4 Å². The summed E-state index contributed by atoms with van der Waals surface area (Å²) in [4.78, 5) is 11.3. The molecule has 2 heteroatoms. The van der Waals surface area contributed by atoms with Crippen molar-refractivity contribution in [1.29, 1.82) is 0 Å². The van der Waals surface area contributed by atoms with Crippen LogP contribution >= 0.6 is 0 Å². The number of rotatable bonds is 5. The van der Waals surface area contributed by atoms with Crippen molar-refractivity contribution in [3.05, 3.63) is 12.7 Å². The minimum Gasteiger partial charge on any atom is -0.312 e. The van der Waals surface area contributed by atoms with Crippen LogP contribution in [-0.2, 0) is 4.79 Å². The maximum Gasteiger partial charge on any atom is 0.155 e. The van der Waals surface area contributed by atoms with E-state index in [1.807, 2.05) is 0 Å². The van der Waals surface area contributed by atoms with Gasteiger partial charge in [0.2, 0.25) is 0 Å². The number of nitrogens with one attached hydrogen (secondary N) is 1. The van der Waals surface area contributed by atoms with E-state index in [1.54, 1.807) is 0 Å². The molecular weight excluding hydrogens is 198 g/mol. The average Bonchev–Trinajstić information content (AvgIpc) is 2.43. The van der Waals surface area contributed by atoms with Crippen molar-refractivity contribution >= 4 is 5.78 Å². The number of ketones is 1. The van der Waals surface area contributed by atoms with Crippen LogP contribution in [-0.4, -0.2) is 17.9 Å². The van der Waals surface area contributed by atoms with Gasteiger partial charge in [-0.25, -0.2) is 0 Å². The lowest BCUT2D eigenvalue weighted by Crippen LogP contribution is -2.34. The molecule has 1 aliphatic rings. The minimum absolute atomic E-state index is 0.209. The average molecular weight is 223 g/mol. The normalized spacial score (nSPS) is 26.4. The highest BCUT2D eigenvalue weighted by molar-refractivity contribution is 5.89. The lowest BCUT2D eigenvalue weighted by Gasteiger charge is -2.19. The molecule has 1 unspecified atom stereocenters. The van der Waals surface area contributed by atoms with Crippen molar-refractivity contribution in [3.63, 3.8) is 0 Å². The Balaban J connectivity index is 2.34. The summed E-state index contributed by atoms with van der Waals surface area (Å²) in [7, 11) is 0. The third kappa shape index (κ3) is 4.93. The van der Waals surface area contributed by atoms with Gasteiger partial charge in [-0.3, -0.25) is 4.79 Å². The van der Waals surface area contributed by atoms with Gasteiger partial charge in [-0.1, -0.05) is 26.8 Å². The number of hydrogen-bond donors (Lipinski definition) is 1. The van der Waals surface area contributed by atoms with Crippen LogP contribution in [0.1, 0.15) is 52.4 Å². The first kappa shape index (κ1) is 13.4. The Morgan fingerprint density at radius 2 is 2.12 bits per heavy atom. The zero-order valence-corrected chi connectivity index (χ0v) is 10.7. The topological polar surface area (TPSA) is 29.1 Å². The molecule has 0 amide bonds. The Kier molecular flexibility index (Phi) is 5.75. The molecule has 0 aromatic heterocycles. The Morgan fingerprint density at radius 3 is 2.75 bits per heavy atom. The van der Waals surface area contributed by atoms with E-state index in [0.717, 1.165) is 0 Å².